The molecule has 0 radical (unpaired) electrons. The van der Waals surface area contributed by atoms with Gasteiger partial charge in [0.1, 0.15) is 17.5 Å². The van der Waals surface area contributed by atoms with Crippen LogP contribution in [0.25, 0.3) is 0 Å². The van der Waals surface area contributed by atoms with Crippen LogP contribution in [0, 0.1) is 4.91 Å². The molecule has 0 spiro atoms. The Hall–Kier alpha value is -1.62. The molecule has 0 aliphatic heterocycles. The van der Waals surface area contributed by atoms with Gasteiger partial charge in [0.15, 0.2) is 0 Å². The van der Waals surface area contributed by atoms with Crippen molar-refractivity contribution in [2.75, 3.05) is 26.9 Å². The second kappa shape index (κ2) is 18.2. The summed E-state index contributed by atoms with van der Waals surface area (Å²) in [7, 11) is 1.58. The Bertz CT molecular complexity index is 550. The van der Waals surface area contributed by atoms with Gasteiger partial charge in [-0.3, -0.25) is 0 Å². The quantitative estimate of drug-likeness (QED) is 0.160. The van der Waals surface area contributed by atoms with E-state index >= 15 is 0 Å². The van der Waals surface area contributed by atoms with E-state index in [0.29, 0.717) is 19.0 Å². The molecule has 0 aliphatic rings. The summed E-state index contributed by atoms with van der Waals surface area (Å²) in [5, 5.41) is 3.23. The molecule has 1 aromatic carbocycles. The second-order valence-electron chi connectivity index (χ2n) is 8.01. The highest BCUT2D eigenvalue weighted by molar-refractivity contribution is 5.42. The minimum absolute atomic E-state index is 0.245. The molecule has 5 heteroatoms. The summed E-state index contributed by atoms with van der Waals surface area (Å²) in [5.41, 5.74) is 0.768. The summed E-state index contributed by atoms with van der Waals surface area (Å²) in [6.45, 7) is 6.04. The Balaban J connectivity index is 2.58. The number of nitrogens with zero attached hydrogens (tertiary/aromatic N) is 1. The van der Waals surface area contributed by atoms with Crippen LogP contribution in [-0.2, 0) is 4.74 Å². The minimum Gasteiger partial charge on any atom is -0.493 e. The number of nitroso groups, excluding NO2 is 1. The first-order valence-electron chi connectivity index (χ1n) is 12.0. The van der Waals surface area contributed by atoms with Gasteiger partial charge >= 0.3 is 0 Å². The van der Waals surface area contributed by atoms with Crippen LogP contribution in [0.2, 0.25) is 0 Å². The van der Waals surface area contributed by atoms with Gasteiger partial charge in [0.05, 0.1) is 19.8 Å². The zero-order chi connectivity index (χ0) is 21.9. The van der Waals surface area contributed by atoms with Crippen LogP contribution in [0.3, 0.4) is 0 Å². The van der Waals surface area contributed by atoms with E-state index in [1.807, 2.05) is 18.2 Å². The highest BCUT2D eigenvalue weighted by Crippen LogP contribution is 2.32. The van der Waals surface area contributed by atoms with Crippen molar-refractivity contribution in [1.29, 1.82) is 0 Å². The van der Waals surface area contributed by atoms with E-state index in [9.17, 15) is 4.91 Å². The van der Waals surface area contributed by atoms with E-state index in [0.717, 1.165) is 30.6 Å². The van der Waals surface area contributed by atoms with Crippen molar-refractivity contribution in [3.05, 3.63) is 28.7 Å². The number of hydrogen-bond acceptors (Lipinski definition) is 5. The molecule has 0 saturated heterocycles. The van der Waals surface area contributed by atoms with Gasteiger partial charge in [0.2, 0.25) is 0 Å². The number of benzene rings is 1. The summed E-state index contributed by atoms with van der Waals surface area (Å²) in [4.78, 5) is 11.3. The van der Waals surface area contributed by atoms with Gasteiger partial charge in [0, 0.05) is 18.7 Å². The van der Waals surface area contributed by atoms with Crippen LogP contribution >= 0.6 is 0 Å². The fraction of sp³-hybridized carbons (Fsp3) is 0.760. The normalized spacial score (nSPS) is 12.0. The Morgan fingerprint density at radius 2 is 1.37 bits per heavy atom. The standard InChI is InChI=1S/C25H43NO4/c1-4-6-8-10-12-14-18-29-22-16-17-23(24(26-27)21-28-3)25(20-22)30-19-15-13-11-9-7-5-2/h16-17,20,24H,4-15,18-19,21H2,1-3H3. The molecular weight excluding hydrogens is 378 g/mol. The third-order valence-electron chi connectivity index (χ3n) is 5.32. The van der Waals surface area contributed by atoms with Crippen LogP contribution in [-0.4, -0.2) is 26.9 Å². The highest BCUT2D eigenvalue weighted by atomic mass is 16.5. The summed E-state index contributed by atoms with van der Waals surface area (Å²) < 4.78 is 17.1. The Morgan fingerprint density at radius 3 is 1.93 bits per heavy atom. The largest absolute Gasteiger partial charge is 0.493 e. The van der Waals surface area contributed by atoms with Crippen LogP contribution in [0.15, 0.2) is 23.4 Å². The first kappa shape index (κ1) is 26.4. The average Bonchev–Trinajstić information content (AvgIpc) is 2.76. The number of unbranched alkanes of at least 4 members (excludes halogenated alkanes) is 10. The third-order valence-corrected chi connectivity index (χ3v) is 5.32. The van der Waals surface area contributed by atoms with Gasteiger partial charge in [0.25, 0.3) is 0 Å². The zero-order valence-corrected chi connectivity index (χ0v) is 19.5. The molecule has 1 rings (SSSR count). The van der Waals surface area contributed by atoms with Crippen molar-refractivity contribution >= 4 is 0 Å². The van der Waals surface area contributed by atoms with E-state index in [1.165, 1.54) is 57.8 Å². The Kier molecular flexibility index (Phi) is 16.0. The van der Waals surface area contributed by atoms with Crippen LogP contribution in [0.5, 0.6) is 11.5 Å². The van der Waals surface area contributed by atoms with E-state index in [2.05, 4.69) is 19.0 Å². The van der Waals surface area contributed by atoms with E-state index in [-0.39, 0.29) is 6.61 Å². The maximum atomic E-state index is 11.3. The van der Waals surface area contributed by atoms with Gasteiger partial charge < -0.3 is 14.2 Å². The lowest BCUT2D eigenvalue weighted by Crippen LogP contribution is -2.08. The van der Waals surface area contributed by atoms with Crippen molar-refractivity contribution in [3.63, 3.8) is 0 Å². The van der Waals surface area contributed by atoms with Crippen molar-refractivity contribution in [2.45, 2.75) is 96.9 Å². The summed E-state index contributed by atoms with van der Waals surface area (Å²) >= 11 is 0. The van der Waals surface area contributed by atoms with Crippen LogP contribution in [0.4, 0.5) is 0 Å². The summed E-state index contributed by atoms with van der Waals surface area (Å²) in [6.07, 6.45) is 14.7. The summed E-state index contributed by atoms with van der Waals surface area (Å²) in [5.74, 6) is 1.47. The lowest BCUT2D eigenvalue weighted by Gasteiger charge is -2.17. The number of ether oxygens (including phenoxy) is 3. The molecule has 0 N–H and O–H groups in total. The summed E-state index contributed by atoms with van der Waals surface area (Å²) in [6, 6.07) is 5.12. The first-order valence-corrected chi connectivity index (χ1v) is 12.0. The first-order chi connectivity index (χ1) is 14.8. The Labute approximate surface area is 183 Å². The van der Waals surface area contributed by atoms with E-state index in [4.69, 9.17) is 14.2 Å². The molecule has 0 bridgehead atoms. The molecule has 1 unspecified atom stereocenters. The van der Waals surface area contributed by atoms with E-state index in [1.54, 1.807) is 7.11 Å². The molecule has 0 saturated carbocycles. The number of rotatable bonds is 20. The molecular formula is C25H43NO4. The maximum absolute atomic E-state index is 11.3. The zero-order valence-electron chi connectivity index (χ0n) is 19.5. The van der Waals surface area contributed by atoms with Crippen molar-refractivity contribution in [3.8, 4) is 11.5 Å². The molecule has 0 amide bonds. The van der Waals surface area contributed by atoms with E-state index < -0.39 is 6.04 Å². The topological polar surface area (TPSA) is 57.1 Å². The Morgan fingerprint density at radius 1 is 0.800 bits per heavy atom. The van der Waals surface area contributed by atoms with Crippen molar-refractivity contribution in [2.24, 2.45) is 5.18 Å². The van der Waals surface area contributed by atoms with Gasteiger partial charge in [-0.2, -0.15) is 4.91 Å². The number of hydrogen-bond donors (Lipinski definition) is 0. The molecule has 0 fully saturated rings. The average molecular weight is 422 g/mol. The second-order valence-corrected chi connectivity index (χ2v) is 8.01. The van der Waals surface area contributed by atoms with Crippen molar-refractivity contribution in [1.82, 2.24) is 0 Å². The predicted molar refractivity (Wildman–Crippen MR) is 125 cm³/mol. The monoisotopic (exact) mass is 421 g/mol. The van der Waals surface area contributed by atoms with Crippen LogP contribution in [0.1, 0.15) is 103 Å². The van der Waals surface area contributed by atoms with Crippen molar-refractivity contribution < 1.29 is 14.2 Å². The molecule has 30 heavy (non-hydrogen) atoms. The number of methoxy groups -OCH3 is 1. The third kappa shape index (κ3) is 11.5. The lowest BCUT2D eigenvalue weighted by atomic mass is 10.1. The lowest BCUT2D eigenvalue weighted by molar-refractivity contribution is 0.179. The van der Waals surface area contributed by atoms with Crippen LogP contribution < -0.4 is 9.47 Å². The van der Waals surface area contributed by atoms with Gasteiger partial charge in [-0.15, -0.1) is 0 Å². The van der Waals surface area contributed by atoms with Gasteiger partial charge in [-0.1, -0.05) is 83.2 Å². The molecule has 0 aromatic heterocycles. The maximum Gasteiger partial charge on any atom is 0.144 e. The molecule has 172 valence electrons. The highest BCUT2D eigenvalue weighted by Gasteiger charge is 2.18. The fourth-order valence-electron chi connectivity index (χ4n) is 3.48. The predicted octanol–water partition coefficient (Wildman–Crippen LogP) is 7.62. The smallest absolute Gasteiger partial charge is 0.144 e. The molecule has 0 aliphatic carbocycles. The molecule has 5 nitrogen and oxygen atoms in total. The molecule has 0 heterocycles. The SMILES string of the molecule is CCCCCCCCOc1ccc(C(COC)N=O)c(OCCCCCCCC)c1. The molecule has 1 aromatic rings. The van der Waals surface area contributed by atoms with Gasteiger partial charge in [-0.05, 0) is 25.0 Å². The van der Waals surface area contributed by atoms with Gasteiger partial charge in [-0.25, -0.2) is 0 Å². The fourth-order valence-corrected chi connectivity index (χ4v) is 3.48. The minimum atomic E-state index is -0.567. The molecule has 1 atom stereocenters.